The molecule has 1 heterocycles. The number of rotatable bonds is 9. The van der Waals surface area contributed by atoms with Crippen LogP contribution in [0.15, 0.2) is 37.3 Å². The molecule has 0 radical (unpaired) electrons. The van der Waals surface area contributed by atoms with Crippen LogP contribution in [0, 0.1) is 0 Å². The summed E-state index contributed by atoms with van der Waals surface area (Å²) >= 11 is 0. The molecule has 2 aromatic rings. The second kappa shape index (κ2) is 9.50. The highest BCUT2D eigenvalue weighted by molar-refractivity contribution is 7.89. The van der Waals surface area contributed by atoms with Crippen molar-refractivity contribution in [1.82, 2.24) is 5.16 Å². The quantitative estimate of drug-likeness (QED) is 0.457. The lowest BCUT2D eigenvalue weighted by Gasteiger charge is -2.11. The summed E-state index contributed by atoms with van der Waals surface area (Å²) in [5.41, 5.74) is 5.51. The number of benzene rings is 1. The average Bonchev–Trinajstić information content (AvgIpc) is 3.10. The minimum atomic E-state index is -4.35. The molecule has 0 saturated heterocycles. The summed E-state index contributed by atoms with van der Waals surface area (Å²) in [5.74, 6) is 0.899. The van der Waals surface area contributed by atoms with Crippen molar-refractivity contribution in [1.29, 1.82) is 0 Å². The lowest BCUT2D eigenvalue weighted by molar-refractivity contribution is -0.0421. The van der Waals surface area contributed by atoms with Gasteiger partial charge in [-0.15, -0.1) is 10.2 Å². The largest absolute Gasteiger partial charge is 0.492 e. The van der Waals surface area contributed by atoms with Gasteiger partial charge in [-0.25, -0.2) is 12.8 Å². The number of aryl methyl sites for hydroxylation is 1. The van der Waals surface area contributed by atoms with E-state index in [9.17, 15) is 17.4 Å². The SMILES string of the molecule is CCOc1cc(N=Nc2cc(CC)on2)c(N=S(=O)(CF)OC(F)F)cc1N. The zero-order valence-corrected chi connectivity index (χ0v) is 15.8. The van der Waals surface area contributed by atoms with Crippen LogP contribution in [0.4, 0.5) is 36.1 Å². The van der Waals surface area contributed by atoms with Gasteiger partial charge >= 0.3 is 6.61 Å². The van der Waals surface area contributed by atoms with Crippen LogP contribution in [0.5, 0.6) is 5.75 Å². The molecule has 0 fully saturated rings. The Morgan fingerprint density at radius 1 is 1.25 bits per heavy atom. The summed E-state index contributed by atoms with van der Waals surface area (Å²) in [6.07, 6.45) is 0.586. The Kier molecular flexibility index (Phi) is 7.34. The first-order valence-corrected chi connectivity index (χ1v) is 9.62. The van der Waals surface area contributed by atoms with Crippen molar-refractivity contribution < 1.29 is 30.8 Å². The number of nitrogens with zero attached hydrogens (tertiary/aromatic N) is 4. The zero-order chi connectivity index (χ0) is 20.7. The third kappa shape index (κ3) is 5.66. The number of nitrogen functional groups attached to an aromatic ring is 1. The monoisotopic (exact) mass is 421 g/mol. The summed E-state index contributed by atoms with van der Waals surface area (Å²) in [6.45, 7) is 0.353. The smallest absolute Gasteiger partial charge is 0.357 e. The summed E-state index contributed by atoms with van der Waals surface area (Å²) < 4.78 is 67.6. The highest BCUT2D eigenvalue weighted by Gasteiger charge is 2.19. The molecule has 0 amide bonds. The van der Waals surface area contributed by atoms with Gasteiger partial charge in [0, 0.05) is 18.6 Å². The topological polar surface area (TPSA) is 125 Å². The minimum absolute atomic E-state index is 0.0481. The fourth-order valence-corrected chi connectivity index (χ4v) is 2.78. The summed E-state index contributed by atoms with van der Waals surface area (Å²) in [6, 6.07) is 2.21. The van der Waals surface area contributed by atoms with Gasteiger partial charge in [0.1, 0.15) is 22.9 Å². The van der Waals surface area contributed by atoms with E-state index in [4.69, 9.17) is 15.0 Å². The standard InChI is InChI=1S/C15H18F3N5O4S/c1-3-9-5-14(22-26-9)21-20-11-7-13(25-4-2)10(19)6-12(11)23-28(24,8-16)27-15(17)18/h5-7,15H,3-4,8,19H2,1-2H3. The lowest BCUT2D eigenvalue weighted by atomic mass is 10.2. The van der Waals surface area contributed by atoms with Gasteiger partial charge in [0.15, 0.2) is 6.01 Å². The maximum atomic E-state index is 13.1. The predicted octanol–water partition coefficient (Wildman–Crippen LogP) is 4.81. The molecule has 0 spiro atoms. The van der Waals surface area contributed by atoms with E-state index in [-0.39, 0.29) is 35.2 Å². The molecule has 1 unspecified atom stereocenters. The number of nitrogens with two attached hydrogens (primary N) is 1. The molecule has 9 nitrogen and oxygen atoms in total. The van der Waals surface area contributed by atoms with Gasteiger partial charge in [0.25, 0.3) is 0 Å². The number of hydrogen-bond acceptors (Lipinski definition) is 9. The second-order valence-corrected chi connectivity index (χ2v) is 6.91. The number of hydrogen-bond donors (Lipinski definition) is 1. The molecule has 1 aromatic heterocycles. The molecule has 2 rings (SSSR count). The van der Waals surface area contributed by atoms with E-state index in [1.165, 1.54) is 12.1 Å². The molecule has 13 heteroatoms. The average molecular weight is 421 g/mol. The van der Waals surface area contributed by atoms with E-state index in [1.54, 1.807) is 6.92 Å². The van der Waals surface area contributed by atoms with Crippen molar-refractivity contribution in [2.24, 2.45) is 14.6 Å². The van der Waals surface area contributed by atoms with Crippen molar-refractivity contribution in [3.05, 3.63) is 24.0 Å². The Morgan fingerprint density at radius 2 is 2.00 bits per heavy atom. The second-order valence-electron chi connectivity index (χ2n) is 5.16. The number of aromatic nitrogens is 1. The number of azo groups is 1. The van der Waals surface area contributed by atoms with Crippen LogP contribution in [-0.4, -0.2) is 28.6 Å². The molecule has 0 aliphatic rings. The number of halogens is 3. The molecule has 154 valence electrons. The van der Waals surface area contributed by atoms with Crippen LogP contribution < -0.4 is 10.5 Å². The van der Waals surface area contributed by atoms with Gasteiger partial charge in [0.2, 0.25) is 15.8 Å². The summed E-state index contributed by atoms with van der Waals surface area (Å²) in [7, 11) is -4.35. The fourth-order valence-electron chi connectivity index (χ4n) is 1.96. The van der Waals surface area contributed by atoms with Crippen LogP contribution in [0.25, 0.3) is 0 Å². The Morgan fingerprint density at radius 3 is 2.57 bits per heavy atom. The van der Waals surface area contributed by atoms with Crippen LogP contribution >= 0.6 is 0 Å². The number of ether oxygens (including phenoxy) is 1. The lowest BCUT2D eigenvalue weighted by Crippen LogP contribution is -2.11. The van der Waals surface area contributed by atoms with Crippen molar-refractivity contribution >= 4 is 32.9 Å². The summed E-state index contributed by atoms with van der Waals surface area (Å²) in [5, 5.41) is 11.4. The fraction of sp³-hybridized carbons (Fsp3) is 0.400. The Labute approximate surface area is 159 Å². The Balaban J connectivity index is 2.54. The maximum absolute atomic E-state index is 13.1. The van der Waals surface area contributed by atoms with Crippen molar-refractivity contribution in [3.63, 3.8) is 0 Å². The number of anilines is 1. The van der Waals surface area contributed by atoms with E-state index >= 15 is 0 Å². The molecule has 2 N–H and O–H groups in total. The third-order valence-corrected chi connectivity index (χ3v) is 4.36. The summed E-state index contributed by atoms with van der Waals surface area (Å²) in [4.78, 5) is 0. The van der Waals surface area contributed by atoms with Crippen molar-refractivity contribution in [3.8, 4) is 5.75 Å². The normalized spacial score (nSPS) is 13.8. The van der Waals surface area contributed by atoms with Gasteiger partial charge < -0.3 is 15.0 Å². The zero-order valence-electron chi connectivity index (χ0n) is 15.0. The first kappa shape index (κ1) is 21.6. The van der Waals surface area contributed by atoms with E-state index in [0.717, 1.165) is 6.07 Å². The molecular weight excluding hydrogens is 403 g/mol. The molecule has 0 aliphatic carbocycles. The predicted molar refractivity (Wildman–Crippen MR) is 95.4 cm³/mol. The van der Waals surface area contributed by atoms with Crippen LogP contribution in [0.3, 0.4) is 0 Å². The first-order valence-electron chi connectivity index (χ1n) is 8.01. The molecule has 0 aliphatic heterocycles. The van der Waals surface area contributed by atoms with Crippen LogP contribution in [0.2, 0.25) is 0 Å². The minimum Gasteiger partial charge on any atom is -0.492 e. The van der Waals surface area contributed by atoms with Crippen LogP contribution in [0.1, 0.15) is 19.6 Å². The van der Waals surface area contributed by atoms with Gasteiger partial charge in [-0.2, -0.15) is 13.1 Å². The number of alkyl halides is 3. The maximum Gasteiger partial charge on any atom is 0.357 e. The Bertz CT molecular complexity index is 957. The third-order valence-electron chi connectivity index (χ3n) is 3.16. The van der Waals surface area contributed by atoms with Gasteiger partial charge in [0.05, 0.1) is 12.3 Å². The van der Waals surface area contributed by atoms with Crippen molar-refractivity contribution in [2.45, 2.75) is 26.9 Å². The van der Waals surface area contributed by atoms with E-state index in [1.807, 2.05) is 6.92 Å². The molecule has 1 atom stereocenters. The highest BCUT2D eigenvalue weighted by atomic mass is 32.2. The molecular formula is C15H18F3N5O4S. The van der Waals surface area contributed by atoms with E-state index in [2.05, 4.69) is 23.9 Å². The van der Waals surface area contributed by atoms with Gasteiger partial charge in [-0.1, -0.05) is 12.1 Å². The Hall–Kier alpha value is -2.67. The van der Waals surface area contributed by atoms with E-state index < -0.39 is 22.6 Å². The first-order chi connectivity index (χ1) is 13.3. The van der Waals surface area contributed by atoms with Crippen LogP contribution in [-0.2, 0) is 20.6 Å². The molecule has 0 saturated carbocycles. The molecule has 0 bridgehead atoms. The molecule has 28 heavy (non-hydrogen) atoms. The highest BCUT2D eigenvalue weighted by Crippen LogP contribution is 2.39. The van der Waals surface area contributed by atoms with Gasteiger partial charge in [-0.3, -0.25) is 0 Å². The van der Waals surface area contributed by atoms with Crippen molar-refractivity contribution in [2.75, 3.05) is 18.3 Å². The van der Waals surface area contributed by atoms with E-state index in [0.29, 0.717) is 12.2 Å². The van der Waals surface area contributed by atoms with Gasteiger partial charge in [-0.05, 0) is 13.0 Å². The molecule has 1 aromatic carbocycles.